The molecule has 1 saturated heterocycles. The van der Waals surface area contributed by atoms with E-state index in [2.05, 4.69) is 27.8 Å². The molecule has 1 heterocycles. The minimum atomic E-state index is -1.10. The molecule has 0 aliphatic carbocycles. The Balaban J connectivity index is 2.42. The Morgan fingerprint density at radius 2 is 1.44 bits per heavy atom. The van der Waals surface area contributed by atoms with Crippen molar-refractivity contribution in [1.82, 2.24) is 20.9 Å². The van der Waals surface area contributed by atoms with E-state index in [1.165, 1.54) is 0 Å². The first-order valence-electron chi connectivity index (χ1n) is 7.05. The zero-order valence-corrected chi connectivity index (χ0v) is 12.6. The van der Waals surface area contributed by atoms with Crippen LogP contribution in [-0.2, 0) is 4.57 Å². The molecular weight excluding hydrogens is 247 g/mol. The zero-order valence-electron chi connectivity index (χ0n) is 11.7. The standard InChI is InChI=1S/C12H28N4OP/c1-3-18(17)12(2)16-10-8-14-6-4-13-5-7-15-9-11-16/h12-15H,3-11H2,1-2H3/q+1. The van der Waals surface area contributed by atoms with Crippen molar-refractivity contribution in [2.75, 3.05) is 58.5 Å². The first-order valence-corrected chi connectivity index (χ1v) is 8.57. The molecule has 1 aliphatic heterocycles. The van der Waals surface area contributed by atoms with E-state index in [1.54, 1.807) is 0 Å². The summed E-state index contributed by atoms with van der Waals surface area (Å²) >= 11 is 0. The fraction of sp³-hybridized carbons (Fsp3) is 1.00. The highest BCUT2D eigenvalue weighted by molar-refractivity contribution is 7.45. The Labute approximate surface area is 112 Å². The van der Waals surface area contributed by atoms with Crippen molar-refractivity contribution < 1.29 is 4.57 Å². The van der Waals surface area contributed by atoms with Crippen LogP contribution in [0.4, 0.5) is 0 Å². The van der Waals surface area contributed by atoms with Gasteiger partial charge in [0.1, 0.15) is 6.16 Å². The molecule has 0 saturated carbocycles. The molecule has 0 bridgehead atoms. The third-order valence-corrected chi connectivity index (χ3v) is 5.15. The maximum Gasteiger partial charge on any atom is 0.356 e. The largest absolute Gasteiger partial charge is 0.356 e. The topological polar surface area (TPSA) is 56.4 Å². The van der Waals surface area contributed by atoms with Gasteiger partial charge in [0.25, 0.3) is 0 Å². The number of nitrogens with one attached hydrogen (secondary N) is 3. The third kappa shape index (κ3) is 6.21. The van der Waals surface area contributed by atoms with E-state index in [-0.39, 0.29) is 5.78 Å². The highest BCUT2D eigenvalue weighted by Crippen LogP contribution is 2.29. The Bertz CT molecular complexity index is 228. The predicted octanol–water partition coefficient (Wildman–Crippen LogP) is 0.264. The molecule has 2 unspecified atom stereocenters. The second-order valence-electron chi connectivity index (χ2n) is 4.65. The molecule has 1 rings (SSSR count). The summed E-state index contributed by atoms with van der Waals surface area (Å²) in [7, 11) is -1.10. The van der Waals surface area contributed by atoms with Crippen LogP contribution in [0.2, 0.25) is 0 Å². The molecule has 0 radical (unpaired) electrons. The summed E-state index contributed by atoms with van der Waals surface area (Å²) in [5.41, 5.74) is 0. The molecule has 0 aromatic rings. The summed E-state index contributed by atoms with van der Waals surface area (Å²) in [5, 5.41) is 10.2. The van der Waals surface area contributed by atoms with Gasteiger partial charge in [-0.3, -0.25) is 4.90 Å². The fourth-order valence-electron chi connectivity index (χ4n) is 2.11. The van der Waals surface area contributed by atoms with Gasteiger partial charge >= 0.3 is 7.80 Å². The van der Waals surface area contributed by atoms with Crippen LogP contribution in [0, 0.1) is 0 Å². The Kier molecular flexibility index (Phi) is 8.72. The van der Waals surface area contributed by atoms with Gasteiger partial charge in [-0.1, -0.05) is 4.57 Å². The lowest BCUT2D eigenvalue weighted by Crippen LogP contribution is -2.44. The normalized spacial score (nSPS) is 23.8. The van der Waals surface area contributed by atoms with Gasteiger partial charge in [0, 0.05) is 52.4 Å². The summed E-state index contributed by atoms with van der Waals surface area (Å²) in [4.78, 5) is 2.34. The van der Waals surface area contributed by atoms with Crippen LogP contribution in [0.25, 0.3) is 0 Å². The van der Waals surface area contributed by atoms with Crippen LogP contribution in [0.5, 0.6) is 0 Å². The summed E-state index contributed by atoms with van der Waals surface area (Å²) in [6.07, 6.45) is 0.776. The molecule has 0 aromatic carbocycles. The van der Waals surface area contributed by atoms with E-state index in [1.807, 2.05) is 6.92 Å². The smallest absolute Gasteiger partial charge is 0.314 e. The van der Waals surface area contributed by atoms with E-state index in [4.69, 9.17) is 0 Å². The number of hydrogen-bond donors (Lipinski definition) is 3. The van der Waals surface area contributed by atoms with Crippen LogP contribution in [0.1, 0.15) is 13.8 Å². The molecule has 0 aromatic heterocycles. The number of nitrogens with zero attached hydrogens (tertiary/aromatic N) is 1. The second-order valence-corrected chi connectivity index (χ2v) is 6.87. The van der Waals surface area contributed by atoms with Crippen molar-refractivity contribution in [3.63, 3.8) is 0 Å². The van der Waals surface area contributed by atoms with Crippen LogP contribution in [0.3, 0.4) is 0 Å². The van der Waals surface area contributed by atoms with Crippen LogP contribution in [-0.4, -0.2) is 69.2 Å². The van der Waals surface area contributed by atoms with Gasteiger partial charge in [0.2, 0.25) is 5.78 Å². The van der Waals surface area contributed by atoms with Gasteiger partial charge in [0.05, 0.1) is 0 Å². The zero-order chi connectivity index (χ0) is 13.2. The summed E-state index contributed by atoms with van der Waals surface area (Å²) in [6.45, 7) is 12.0. The Morgan fingerprint density at radius 1 is 1.00 bits per heavy atom. The molecule has 5 nitrogen and oxygen atoms in total. The molecule has 0 spiro atoms. The fourth-order valence-corrected chi connectivity index (χ4v) is 3.23. The lowest BCUT2D eigenvalue weighted by molar-refractivity contribution is 0.257. The summed E-state index contributed by atoms with van der Waals surface area (Å²) in [5.74, 6) is 0.190. The Morgan fingerprint density at radius 3 is 1.89 bits per heavy atom. The van der Waals surface area contributed by atoms with E-state index in [0.717, 1.165) is 58.5 Å². The molecule has 106 valence electrons. The van der Waals surface area contributed by atoms with E-state index >= 15 is 0 Å². The average Bonchev–Trinajstić information content (AvgIpc) is 2.37. The van der Waals surface area contributed by atoms with Crippen molar-refractivity contribution in [1.29, 1.82) is 0 Å². The van der Waals surface area contributed by atoms with Crippen molar-refractivity contribution in [2.24, 2.45) is 0 Å². The molecule has 1 aliphatic rings. The van der Waals surface area contributed by atoms with Crippen molar-refractivity contribution in [2.45, 2.75) is 19.6 Å². The number of rotatable bonds is 3. The second kappa shape index (κ2) is 9.82. The van der Waals surface area contributed by atoms with Gasteiger partial charge in [-0.2, -0.15) is 0 Å². The van der Waals surface area contributed by atoms with Crippen molar-refractivity contribution in [3.05, 3.63) is 0 Å². The molecule has 1 fully saturated rings. The lowest BCUT2D eigenvalue weighted by atomic mass is 10.4. The molecular formula is C12H28N4OP+. The van der Waals surface area contributed by atoms with Gasteiger partial charge < -0.3 is 16.0 Å². The quantitative estimate of drug-likeness (QED) is 0.645. The van der Waals surface area contributed by atoms with E-state index < -0.39 is 7.80 Å². The van der Waals surface area contributed by atoms with Gasteiger partial charge in [-0.25, -0.2) is 0 Å². The third-order valence-electron chi connectivity index (χ3n) is 3.37. The Hall–Kier alpha value is -0.0600. The van der Waals surface area contributed by atoms with Crippen LogP contribution >= 0.6 is 7.80 Å². The molecule has 6 heteroatoms. The monoisotopic (exact) mass is 275 g/mol. The highest BCUT2D eigenvalue weighted by atomic mass is 31.1. The van der Waals surface area contributed by atoms with Crippen molar-refractivity contribution >= 4 is 7.80 Å². The molecule has 2 atom stereocenters. The lowest BCUT2D eigenvalue weighted by Gasteiger charge is -2.24. The highest BCUT2D eigenvalue weighted by Gasteiger charge is 2.28. The molecule has 3 N–H and O–H groups in total. The van der Waals surface area contributed by atoms with Crippen molar-refractivity contribution in [3.8, 4) is 0 Å². The van der Waals surface area contributed by atoms with Crippen LogP contribution in [0.15, 0.2) is 0 Å². The van der Waals surface area contributed by atoms with Gasteiger partial charge in [0.15, 0.2) is 0 Å². The maximum atomic E-state index is 11.9. The van der Waals surface area contributed by atoms with Gasteiger partial charge in [-0.15, -0.1) is 0 Å². The maximum absolute atomic E-state index is 11.9. The van der Waals surface area contributed by atoms with E-state index in [0.29, 0.717) is 0 Å². The first-order chi connectivity index (χ1) is 8.75. The van der Waals surface area contributed by atoms with E-state index in [9.17, 15) is 4.57 Å². The minimum Gasteiger partial charge on any atom is -0.314 e. The average molecular weight is 275 g/mol. The molecule has 0 amide bonds. The predicted molar refractivity (Wildman–Crippen MR) is 77.8 cm³/mol. The molecule has 18 heavy (non-hydrogen) atoms. The van der Waals surface area contributed by atoms with Crippen LogP contribution < -0.4 is 16.0 Å². The van der Waals surface area contributed by atoms with Gasteiger partial charge in [-0.05, 0) is 13.8 Å². The SMILES string of the molecule is CC[P+](=O)C(C)N1CCNCCNCCNCC1. The number of hydrogen-bond acceptors (Lipinski definition) is 5. The summed E-state index contributed by atoms with van der Waals surface area (Å²) < 4.78 is 11.9. The minimum absolute atomic E-state index is 0.190. The first kappa shape index (κ1) is 16.0. The summed E-state index contributed by atoms with van der Waals surface area (Å²) in [6, 6.07) is 0.